The minimum atomic E-state index is 0.758. The fraction of sp³-hybridized carbons (Fsp3) is 0.222. The molecule has 0 fully saturated rings. The molecule has 2 aromatic carbocycles. The van der Waals surface area contributed by atoms with Gasteiger partial charge in [0.1, 0.15) is 0 Å². The Balaban J connectivity index is 1.61. The molecule has 4 heteroatoms. The van der Waals surface area contributed by atoms with Gasteiger partial charge in [-0.1, -0.05) is 59.3 Å². The fourth-order valence-electron chi connectivity index (χ4n) is 2.44. The maximum atomic E-state index is 6.05. The Morgan fingerprint density at radius 1 is 1.00 bits per heavy atom. The van der Waals surface area contributed by atoms with Gasteiger partial charge in [-0.3, -0.25) is 0 Å². The third-order valence-corrected chi connectivity index (χ3v) is 4.09. The molecule has 0 saturated carbocycles. The van der Waals surface area contributed by atoms with Gasteiger partial charge < -0.3 is 0 Å². The van der Waals surface area contributed by atoms with Crippen LogP contribution in [0.25, 0.3) is 0 Å². The minimum absolute atomic E-state index is 0.758. The molecule has 1 aromatic heterocycles. The highest BCUT2D eigenvalue weighted by atomic mass is 35.5. The smallest absolute Gasteiger partial charge is 0.0830 e. The summed E-state index contributed by atoms with van der Waals surface area (Å²) < 4.78 is 1.89. The van der Waals surface area contributed by atoms with E-state index in [4.69, 9.17) is 11.6 Å². The Kier molecular flexibility index (Phi) is 4.54. The Morgan fingerprint density at radius 2 is 1.82 bits per heavy atom. The second-order valence-electron chi connectivity index (χ2n) is 5.48. The lowest BCUT2D eigenvalue weighted by Gasteiger charge is -2.03. The largest absolute Gasteiger partial charge is 0.248 e. The van der Waals surface area contributed by atoms with Crippen LogP contribution in [0.5, 0.6) is 0 Å². The van der Waals surface area contributed by atoms with Gasteiger partial charge >= 0.3 is 0 Å². The SMILES string of the molecule is Cc1cc(CCc2cn(Cc3ccccc3)nn2)ccc1Cl. The number of hydrogen-bond acceptors (Lipinski definition) is 2. The van der Waals surface area contributed by atoms with Crippen LogP contribution in [-0.4, -0.2) is 15.0 Å². The first-order valence-corrected chi connectivity index (χ1v) is 7.76. The molecule has 0 atom stereocenters. The van der Waals surface area contributed by atoms with Crippen molar-refractivity contribution in [2.75, 3.05) is 0 Å². The van der Waals surface area contributed by atoms with Crippen LogP contribution in [0.2, 0.25) is 5.02 Å². The van der Waals surface area contributed by atoms with E-state index in [1.54, 1.807) is 0 Å². The highest BCUT2D eigenvalue weighted by Crippen LogP contribution is 2.17. The molecule has 0 bridgehead atoms. The zero-order valence-corrected chi connectivity index (χ0v) is 13.3. The van der Waals surface area contributed by atoms with Crippen LogP contribution in [-0.2, 0) is 19.4 Å². The van der Waals surface area contributed by atoms with Gasteiger partial charge in [-0.2, -0.15) is 0 Å². The molecule has 0 aliphatic carbocycles. The third kappa shape index (κ3) is 3.74. The quantitative estimate of drug-likeness (QED) is 0.711. The predicted octanol–water partition coefficient (Wildman–Crippen LogP) is 4.07. The zero-order valence-electron chi connectivity index (χ0n) is 12.5. The molecule has 3 nitrogen and oxygen atoms in total. The summed E-state index contributed by atoms with van der Waals surface area (Å²) in [7, 11) is 0. The molecule has 0 radical (unpaired) electrons. The van der Waals surface area contributed by atoms with Gasteiger partial charge in [-0.25, -0.2) is 4.68 Å². The Hall–Kier alpha value is -2.13. The van der Waals surface area contributed by atoms with Crippen LogP contribution in [0.1, 0.15) is 22.4 Å². The van der Waals surface area contributed by atoms with Crippen molar-refractivity contribution >= 4 is 11.6 Å². The highest BCUT2D eigenvalue weighted by molar-refractivity contribution is 6.31. The Bertz CT molecular complexity index is 750. The number of aryl methyl sites for hydroxylation is 3. The number of benzene rings is 2. The Labute approximate surface area is 135 Å². The highest BCUT2D eigenvalue weighted by Gasteiger charge is 2.04. The second-order valence-corrected chi connectivity index (χ2v) is 5.88. The van der Waals surface area contributed by atoms with Crippen LogP contribution in [0.15, 0.2) is 54.7 Å². The molecule has 0 spiro atoms. The number of nitrogens with zero attached hydrogens (tertiary/aromatic N) is 3. The maximum absolute atomic E-state index is 6.05. The first-order valence-electron chi connectivity index (χ1n) is 7.39. The lowest BCUT2D eigenvalue weighted by Crippen LogP contribution is -1.99. The van der Waals surface area contributed by atoms with E-state index in [2.05, 4.69) is 34.6 Å². The Morgan fingerprint density at radius 3 is 2.59 bits per heavy atom. The second kappa shape index (κ2) is 6.75. The number of halogens is 1. The van der Waals surface area contributed by atoms with Crippen molar-refractivity contribution in [3.63, 3.8) is 0 Å². The summed E-state index contributed by atoms with van der Waals surface area (Å²) in [6, 6.07) is 16.4. The molecular weight excluding hydrogens is 294 g/mol. The van der Waals surface area contributed by atoms with Crippen molar-refractivity contribution in [3.8, 4) is 0 Å². The average molecular weight is 312 g/mol. The monoisotopic (exact) mass is 311 g/mol. The minimum Gasteiger partial charge on any atom is -0.248 e. The van der Waals surface area contributed by atoms with Crippen LogP contribution >= 0.6 is 11.6 Å². The maximum Gasteiger partial charge on any atom is 0.0830 e. The third-order valence-electron chi connectivity index (χ3n) is 3.67. The molecular formula is C18H18ClN3. The van der Waals surface area contributed by atoms with Gasteiger partial charge in [-0.05, 0) is 42.5 Å². The molecule has 1 heterocycles. The summed E-state index contributed by atoms with van der Waals surface area (Å²) >= 11 is 6.05. The van der Waals surface area contributed by atoms with E-state index in [0.29, 0.717) is 0 Å². The van der Waals surface area contributed by atoms with Crippen LogP contribution < -0.4 is 0 Å². The number of rotatable bonds is 5. The van der Waals surface area contributed by atoms with Crippen molar-refractivity contribution in [2.45, 2.75) is 26.3 Å². The van der Waals surface area contributed by atoms with Crippen molar-refractivity contribution in [2.24, 2.45) is 0 Å². The van der Waals surface area contributed by atoms with Crippen molar-refractivity contribution in [1.29, 1.82) is 0 Å². The molecule has 0 aliphatic heterocycles. The molecule has 0 amide bonds. The van der Waals surface area contributed by atoms with Gasteiger partial charge in [-0.15, -0.1) is 5.10 Å². The molecule has 3 aromatic rings. The summed E-state index contributed by atoms with van der Waals surface area (Å²) in [4.78, 5) is 0. The summed E-state index contributed by atoms with van der Waals surface area (Å²) in [5.41, 5.74) is 4.64. The van der Waals surface area contributed by atoms with Gasteiger partial charge in [0.05, 0.1) is 12.2 Å². The van der Waals surface area contributed by atoms with E-state index in [0.717, 1.165) is 35.7 Å². The van der Waals surface area contributed by atoms with Gasteiger partial charge in [0.25, 0.3) is 0 Å². The van der Waals surface area contributed by atoms with E-state index in [-0.39, 0.29) is 0 Å². The van der Waals surface area contributed by atoms with Gasteiger partial charge in [0.2, 0.25) is 0 Å². The summed E-state index contributed by atoms with van der Waals surface area (Å²) in [6.07, 6.45) is 3.85. The summed E-state index contributed by atoms with van der Waals surface area (Å²) in [5, 5.41) is 9.27. The van der Waals surface area contributed by atoms with Gasteiger partial charge in [0, 0.05) is 11.2 Å². The zero-order chi connectivity index (χ0) is 15.4. The van der Waals surface area contributed by atoms with Crippen LogP contribution in [0, 0.1) is 6.92 Å². The standard InChI is InChI=1S/C18H18ClN3/c1-14-11-15(8-10-18(14)19)7-9-17-13-22(21-20-17)12-16-5-3-2-4-6-16/h2-6,8,10-11,13H,7,9,12H2,1H3. The van der Waals surface area contributed by atoms with Crippen molar-refractivity contribution in [1.82, 2.24) is 15.0 Å². The topological polar surface area (TPSA) is 30.7 Å². The average Bonchev–Trinajstić information content (AvgIpc) is 2.97. The molecule has 0 aliphatic rings. The number of aromatic nitrogens is 3. The molecule has 0 unspecified atom stereocenters. The predicted molar refractivity (Wildman–Crippen MR) is 89.2 cm³/mol. The van der Waals surface area contributed by atoms with Crippen LogP contribution in [0.3, 0.4) is 0 Å². The fourth-order valence-corrected chi connectivity index (χ4v) is 2.55. The molecule has 0 N–H and O–H groups in total. The van der Waals surface area contributed by atoms with E-state index in [1.807, 2.05) is 42.1 Å². The van der Waals surface area contributed by atoms with Gasteiger partial charge in [0.15, 0.2) is 0 Å². The summed E-state index contributed by atoms with van der Waals surface area (Å²) in [5.74, 6) is 0. The molecule has 22 heavy (non-hydrogen) atoms. The van der Waals surface area contributed by atoms with E-state index >= 15 is 0 Å². The summed E-state index contributed by atoms with van der Waals surface area (Å²) in [6.45, 7) is 2.79. The first-order chi connectivity index (χ1) is 10.7. The van der Waals surface area contributed by atoms with E-state index in [1.165, 1.54) is 11.1 Å². The number of hydrogen-bond donors (Lipinski definition) is 0. The van der Waals surface area contributed by atoms with E-state index < -0.39 is 0 Å². The lowest BCUT2D eigenvalue weighted by atomic mass is 10.1. The molecule has 0 saturated heterocycles. The molecule has 112 valence electrons. The van der Waals surface area contributed by atoms with Crippen molar-refractivity contribution in [3.05, 3.63) is 82.1 Å². The van der Waals surface area contributed by atoms with Crippen LogP contribution in [0.4, 0.5) is 0 Å². The molecule has 3 rings (SSSR count). The lowest BCUT2D eigenvalue weighted by molar-refractivity contribution is 0.649. The normalized spacial score (nSPS) is 10.8. The van der Waals surface area contributed by atoms with Crippen molar-refractivity contribution < 1.29 is 0 Å². The first kappa shape index (κ1) is 14.8. The van der Waals surface area contributed by atoms with E-state index in [9.17, 15) is 0 Å².